The summed E-state index contributed by atoms with van der Waals surface area (Å²) in [7, 11) is 0. The molecule has 0 radical (unpaired) electrons. The van der Waals surface area contributed by atoms with Crippen molar-refractivity contribution in [2.75, 3.05) is 0 Å². The third kappa shape index (κ3) is 3.17. The first-order valence-corrected chi connectivity index (χ1v) is 5.86. The van der Waals surface area contributed by atoms with E-state index in [0.29, 0.717) is 0 Å². The molecule has 0 spiro atoms. The van der Waals surface area contributed by atoms with Gasteiger partial charge in [-0.1, -0.05) is 52.0 Å². The Balaban J connectivity index is 2.46. The lowest BCUT2D eigenvalue weighted by molar-refractivity contribution is 0.198. The minimum Gasteiger partial charge on any atom is -0.103 e. The van der Waals surface area contributed by atoms with Crippen molar-refractivity contribution in [1.29, 1.82) is 0 Å². The van der Waals surface area contributed by atoms with Crippen molar-refractivity contribution in [3.63, 3.8) is 0 Å². The molecule has 0 unspecified atom stereocenters. The second-order valence-electron chi connectivity index (χ2n) is 4.83. The Morgan fingerprint density at radius 3 is 2.31 bits per heavy atom. The van der Waals surface area contributed by atoms with E-state index in [-0.39, 0.29) is 0 Å². The molecule has 0 N–H and O–H groups in total. The van der Waals surface area contributed by atoms with E-state index in [9.17, 15) is 0 Å². The number of allylic oxidation sites excluding steroid dienone is 1. The predicted molar refractivity (Wildman–Crippen MR) is 59.7 cm³/mol. The van der Waals surface area contributed by atoms with Crippen LogP contribution in [0, 0.1) is 17.8 Å². The van der Waals surface area contributed by atoms with Gasteiger partial charge in [-0.25, -0.2) is 0 Å². The van der Waals surface area contributed by atoms with Crippen LogP contribution in [-0.4, -0.2) is 0 Å². The van der Waals surface area contributed by atoms with Gasteiger partial charge in [0.15, 0.2) is 0 Å². The molecule has 0 aliphatic heterocycles. The van der Waals surface area contributed by atoms with Crippen LogP contribution in [0.5, 0.6) is 0 Å². The van der Waals surface area contributed by atoms with Crippen molar-refractivity contribution in [1.82, 2.24) is 0 Å². The summed E-state index contributed by atoms with van der Waals surface area (Å²) >= 11 is 0. The molecule has 0 heterocycles. The fourth-order valence-electron chi connectivity index (χ4n) is 2.76. The molecule has 0 amide bonds. The highest BCUT2D eigenvalue weighted by molar-refractivity contribution is 4.82. The van der Waals surface area contributed by atoms with Gasteiger partial charge in [-0.05, 0) is 24.2 Å². The van der Waals surface area contributed by atoms with E-state index in [1.807, 2.05) is 0 Å². The van der Waals surface area contributed by atoms with Gasteiger partial charge < -0.3 is 0 Å². The second-order valence-corrected chi connectivity index (χ2v) is 4.83. The lowest BCUT2D eigenvalue weighted by Gasteiger charge is -2.32. The largest absolute Gasteiger partial charge is 0.103 e. The monoisotopic (exact) mass is 180 g/mol. The summed E-state index contributed by atoms with van der Waals surface area (Å²) in [5.41, 5.74) is 0. The first-order valence-electron chi connectivity index (χ1n) is 5.86. The Morgan fingerprint density at radius 2 is 1.85 bits per heavy atom. The van der Waals surface area contributed by atoms with Crippen LogP contribution in [-0.2, 0) is 0 Å². The minimum atomic E-state index is 0.834. The van der Waals surface area contributed by atoms with Gasteiger partial charge in [-0.2, -0.15) is 0 Å². The fourth-order valence-corrected chi connectivity index (χ4v) is 2.76. The van der Waals surface area contributed by atoms with Crippen LogP contribution < -0.4 is 0 Å². The SMILES string of the molecule is C=CC[C@H](C(C)C)C1CCCCC1. The van der Waals surface area contributed by atoms with E-state index in [2.05, 4.69) is 26.5 Å². The molecule has 1 fully saturated rings. The molecule has 0 heteroatoms. The third-order valence-electron chi connectivity index (χ3n) is 3.55. The molecule has 1 atom stereocenters. The number of hydrogen-bond acceptors (Lipinski definition) is 0. The van der Waals surface area contributed by atoms with E-state index in [4.69, 9.17) is 0 Å². The number of hydrogen-bond donors (Lipinski definition) is 0. The van der Waals surface area contributed by atoms with Gasteiger partial charge in [0.05, 0.1) is 0 Å². The molecule has 1 aliphatic carbocycles. The predicted octanol–water partition coefficient (Wildman–Crippen LogP) is 4.42. The zero-order valence-corrected chi connectivity index (χ0v) is 9.26. The molecule has 76 valence electrons. The maximum absolute atomic E-state index is 3.88. The van der Waals surface area contributed by atoms with E-state index >= 15 is 0 Å². The highest BCUT2D eigenvalue weighted by Gasteiger charge is 2.24. The summed E-state index contributed by atoms with van der Waals surface area (Å²) in [5, 5.41) is 0. The molecule has 0 saturated heterocycles. The minimum absolute atomic E-state index is 0.834. The van der Waals surface area contributed by atoms with E-state index in [0.717, 1.165) is 17.8 Å². The van der Waals surface area contributed by atoms with Crippen LogP contribution in [0.2, 0.25) is 0 Å². The molecule has 0 aromatic rings. The Labute approximate surface area is 83.4 Å². The quantitative estimate of drug-likeness (QED) is 0.562. The Kier molecular flexibility index (Phi) is 4.55. The average molecular weight is 180 g/mol. The molecule has 0 nitrogen and oxygen atoms in total. The summed E-state index contributed by atoms with van der Waals surface area (Å²) in [4.78, 5) is 0. The molecular formula is C13H24. The highest BCUT2D eigenvalue weighted by Crippen LogP contribution is 2.35. The molecule has 13 heavy (non-hydrogen) atoms. The van der Waals surface area contributed by atoms with Gasteiger partial charge in [0, 0.05) is 0 Å². The van der Waals surface area contributed by atoms with Gasteiger partial charge in [0.1, 0.15) is 0 Å². The van der Waals surface area contributed by atoms with Gasteiger partial charge in [0.2, 0.25) is 0 Å². The van der Waals surface area contributed by atoms with Gasteiger partial charge in [0.25, 0.3) is 0 Å². The summed E-state index contributed by atoms with van der Waals surface area (Å²) in [6.07, 6.45) is 10.7. The van der Waals surface area contributed by atoms with E-state index in [1.54, 1.807) is 0 Å². The third-order valence-corrected chi connectivity index (χ3v) is 3.55. The lowest BCUT2D eigenvalue weighted by atomic mass is 9.74. The molecule has 1 saturated carbocycles. The summed E-state index contributed by atoms with van der Waals surface area (Å²) in [5.74, 6) is 2.73. The Bertz CT molecular complexity index is 140. The first kappa shape index (κ1) is 10.8. The van der Waals surface area contributed by atoms with E-state index < -0.39 is 0 Å². The summed E-state index contributed by atoms with van der Waals surface area (Å²) < 4.78 is 0. The van der Waals surface area contributed by atoms with Crippen LogP contribution in [0.3, 0.4) is 0 Å². The second kappa shape index (κ2) is 5.47. The van der Waals surface area contributed by atoms with Crippen LogP contribution in [0.4, 0.5) is 0 Å². The van der Waals surface area contributed by atoms with Gasteiger partial charge >= 0.3 is 0 Å². The lowest BCUT2D eigenvalue weighted by Crippen LogP contribution is -2.22. The van der Waals surface area contributed by atoms with Crippen molar-refractivity contribution in [2.45, 2.75) is 52.4 Å². The maximum Gasteiger partial charge on any atom is -0.0320 e. The van der Waals surface area contributed by atoms with Crippen LogP contribution in [0.15, 0.2) is 12.7 Å². The van der Waals surface area contributed by atoms with Crippen molar-refractivity contribution in [3.05, 3.63) is 12.7 Å². The Hall–Kier alpha value is -0.260. The maximum atomic E-state index is 3.88. The molecule has 0 bridgehead atoms. The van der Waals surface area contributed by atoms with Gasteiger partial charge in [-0.15, -0.1) is 6.58 Å². The zero-order chi connectivity index (χ0) is 9.68. The van der Waals surface area contributed by atoms with Crippen molar-refractivity contribution < 1.29 is 0 Å². The zero-order valence-electron chi connectivity index (χ0n) is 9.26. The summed E-state index contributed by atoms with van der Waals surface area (Å²) in [6, 6.07) is 0. The van der Waals surface area contributed by atoms with Crippen LogP contribution in [0.1, 0.15) is 52.4 Å². The van der Waals surface area contributed by atoms with Crippen molar-refractivity contribution in [3.8, 4) is 0 Å². The normalized spacial score (nSPS) is 21.8. The van der Waals surface area contributed by atoms with Crippen molar-refractivity contribution in [2.24, 2.45) is 17.8 Å². The number of rotatable bonds is 4. The molecule has 0 aromatic heterocycles. The first-order chi connectivity index (χ1) is 6.25. The smallest absolute Gasteiger partial charge is 0.0320 e. The standard InChI is InChI=1S/C13H24/c1-4-8-13(11(2)3)12-9-6-5-7-10-12/h4,11-13H,1,5-10H2,2-3H3/t13-/m1/s1. The average Bonchev–Trinajstić information content (AvgIpc) is 2.15. The highest BCUT2D eigenvalue weighted by atomic mass is 14.3. The van der Waals surface area contributed by atoms with Gasteiger partial charge in [-0.3, -0.25) is 0 Å². The van der Waals surface area contributed by atoms with Crippen LogP contribution in [0.25, 0.3) is 0 Å². The Morgan fingerprint density at radius 1 is 1.23 bits per heavy atom. The van der Waals surface area contributed by atoms with Crippen molar-refractivity contribution >= 4 is 0 Å². The van der Waals surface area contributed by atoms with E-state index in [1.165, 1.54) is 38.5 Å². The molecular weight excluding hydrogens is 156 g/mol. The fraction of sp³-hybridized carbons (Fsp3) is 0.846. The topological polar surface area (TPSA) is 0 Å². The molecule has 1 rings (SSSR count). The molecule has 1 aliphatic rings. The van der Waals surface area contributed by atoms with Crippen LogP contribution >= 0.6 is 0 Å². The molecule has 0 aromatic carbocycles. The summed E-state index contributed by atoms with van der Waals surface area (Å²) in [6.45, 7) is 8.61.